The number of aryl methyl sites for hydroxylation is 1. The first-order valence-electron chi connectivity index (χ1n) is 5.48. The second kappa shape index (κ2) is 6.36. The van der Waals surface area contributed by atoms with Gasteiger partial charge in [-0.15, -0.1) is 6.58 Å². The lowest BCUT2D eigenvalue weighted by Crippen LogP contribution is -2.17. The molecule has 0 saturated carbocycles. The van der Waals surface area contributed by atoms with Crippen LogP contribution in [-0.4, -0.2) is 12.0 Å². The van der Waals surface area contributed by atoms with Crippen LogP contribution in [0.2, 0.25) is 0 Å². The van der Waals surface area contributed by atoms with Crippen LogP contribution in [0, 0.1) is 6.92 Å². The Labute approximate surface area is 92.4 Å². The van der Waals surface area contributed by atoms with Crippen molar-refractivity contribution in [3.8, 4) is 0 Å². The van der Waals surface area contributed by atoms with Crippen molar-refractivity contribution in [2.45, 2.75) is 32.2 Å². The zero-order chi connectivity index (χ0) is 11.1. The van der Waals surface area contributed by atoms with Gasteiger partial charge in [-0.25, -0.2) is 0 Å². The lowest BCUT2D eigenvalue weighted by molar-refractivity contribution is 0.518. The van der Waals surface area contributed by atoms with Gasteiger partial charge >= 0.3 is 0 Å². The summed E-state index contributed by atoms with van der Waals surface area (Å²) in [5.74, 6) is 0. The van der Waals surface area contributed by atoms with Gasteiger partial charge in [0.1, 0.15) is 0 Å². The molecule has 0 aliphatic rings. The molecule has 0 fully saturated rings. The number of rotatable bonds is 6. The maximum Gasteiger partial charge on any atom is 0.0575 e. The van der Waals surface area contributed by atoms with E-state index in [9.17, 15) is 0 Å². The summed E-state index contributed by atoms with van der Waals surface area (Å²) in [6.45, 7) is 5.83. The van der Waals surface area contributed by atoms with Crippen LogP contribution in [0.3, 0.4) is 0 Å². The van der Waals surface area contributed by atoms with Gasteiger partial charge in [-0.3, -0.25) is 4.98 Å². The molecule has 1 atom stereocenters. The number of hydrogen-bond acceptors (Lipinski definition) is 2. The summed E-state index contributed by atoms with van der Waals surface area (Å²) < 4.78 is 0. The van der Waals surface area contributed by atoms with Crippen molar-refractivity contribution in [2.75, 3.05) is 7.05 Å². The van der Waals surface area contributed by atoms with Crippen LogP contribution in [0.1, 0.15) is 36.6 Å². The van der Waals surface area contributed by atoms with Crippen LogP contribution in [-0.2, 0) is 0 Å². The van der Waals surface area contributed by atoms with Crippen molar-refractivity contribution in [1.82, 2.24) is 10.3 Å². The summed E-state index contributed by atoms with van der Waals surface area (Å²) in [4.78, 5) is 4.40. The molecular formula is C13H20N2. The van der Waals surface area contributed by atoms with Crippen LogP contribution in [0.25, 0.3) is 0 Å². The van der Waals surface area contributed by atoms with Gasteiger partial charge in [0.2, 0.25) is 0 Å². The second-order valence-corrected chi connectivity index (χ2v) is 3.82. The Hall–Kier alpha value is -1.15. The first-order valence-corrected chi connectivity index (χ1v) is 5.48. The molecule has 1 aromatic rings. The Morgan fingerprint density at radius 3 is 3.00 bits per heavy atom. The Morgan fingerprint density at radius 2 is 2.40 bits per heavy atom. The molecule has 1 rings (SSSR count). The fraction of sp³-hybridized carbons (Fsp3) is 0.462. The molecule has 0 radical (unpaired) electrons. The minimum Gasteiger partial charge on any atom is -0.312 e. The fourth-order valence-electron chi connectivity index (χ4n) is 1.66. The number of unbranched alkanes of at least 4 members (excludes halogenated alkanes) is 1. The van der Waals surface area contributed by atoms with E-state index in [1.165, 1.54) is 5.56 Å². The van der Waals surface area contributed by atoms with Crippen molar-refractivity contribution in [3.05, 3.63) is 42.2 Å². The van der Waals surface area contributed by atoms with Crippen LogP contribution < -0.4 is 5.32 Å². The Kier molecular flexibility index (Phi) is 5.05. The van der Waals surface area contributed by atoms with E-state index < -0.39 is 0 Å². The number of pyridine rings is 1. The van der Waals surface area contributed by atoms with Gasteiger partial charge < -0.3 is 5.32 Å². The number of hydrogen-bond donors (Lipinski definition) is 1. The molecule has 0 aliphatic heterocycles. The molecule has 1 N–H and O–H groups in total. The molecule has 1 heterocycles. The van der Waals surface area contributed by atoms with Crippen LogP contribution in [0.15, 0.2) is 31.0 Å². The van der Waals surface area contributed by atoms with Crippen molar-refractivity contribution in [2.24, 2.45) is 0 Å². The molecule has 2 nitrogen and oxygen atoms in total. The van der Waals surface area contributed by atoms with Gasteiger partial charge in [0.15, 0.2) is 0 Å². The molecule has 0 bridgehead atoms. The molecular weight excluding hydrogens is 184 g/mol. The Morgan fingerprint density at radius 1 is 1.60 bits per heavy atom. The third-order valence-corrected chi connectivity index (χ3v) is 2.54. The highest BCUT2D eigenvalue weighted by Crippen LogP contribution is 2.17. The van der Waals surface area contributed by atoms with E-state index in [-0.39, 0.29) is 0 Å². The molecule has 0 saturated heterocycles. The minimum atomic E-state index is 0.366. The SMILES string of the molecule is C=CCCCC(NC)c1cc(C)ccn1. The predicted molar refractivity (Wildman–Crippen MR) is 64.8 cm³/mol. The second-order valence-electron chi connectivity index (χ2n) is 3.82. The first kappa shape index (κ1) is 11.9. The monoisotopic (exact) mass is 204 g/mol. The predicted octanol–water partition coefficient (Wildman–Crippen LogP) is 3.01. The van der Waals surface area contributed by atoms with Crippen molar-refractivity contribution >= 4 is 0 Å². The summed E-state index contributed by atoms with van der Waals surface area (Å²) in [7, 11) is 1.99. The van der Waals surface area contributed by atoms with Crippen LogP contribution >= 0.6 is 0 Å². The standard InChI is InChI=1S/C13H20N2/c1-4-5-6-7-12(14-3)13-10-11(2)8-9-15-13/h4,8-10,12,14H,1,5-7H2,2-3H3. The van der Waals surface area contributed by atoms with Crippen molar-refractivity contribution < 1.29 is 0 Å². The van der Waals surface area contributed by atoms with Crippen LogP contribution in [0.5, 0.6) is 0 Å². The topological polar surface area (TPSA) is 24.9 Å². The third kappa shape index (κ3) is 3.84. The molecule has 0 aromatic carbocycles. The summed E-state index contributed by atoms with van der Waals surface area (Å²) in [5, 5.41) is 3.31. The maximum atomic E-state index is 4.40. The van der Waals surface area contributed by atoms with Gasteiger partial charge in [-0.05, 0) is 50.9 Å². The van der Waals surface area contributed by atoms with Crippen LogP contribution in [0.4, 0.5) is 0 Å². The van der Waals surface area contributed by atoms with E-state index in [4.69, 9.17) is 0 Å². The summed E-state index contributed by atoms with van der Waals surface area (Å²) >= 11 is 0. The molecule has 0 amide bonds. The molecule has 0 spiro atoms. The van der Waals surface area contributed by atoms with Gasteiger partial charge in [0, 0.05) is 12.2 Å². The zero-order valence-electron chi connectivity index (χ0n) is 9.66. The van der Waals surface area contributed by atoms with E-state index >= 15 is 0 Å². The van der Waals surface area contributed by atoms with E-state index in [0.717, 1.165) is 25.0 Å². The van der Waals surface area contributed by atoms with E-state index in [1.54, 1.807) is 0 Å². The lowest BCUT2D eigenvalue weighted by Gasteiger charge is -2.15. The summed E-state index contributed by atoms with van der Waals surface area (Å²) in [5.41, 5.74) is 2.41. The Bertz CT molecular complexity index is 307. The smallest absolute Gasteiger partial charge is 0.0575 e. The summed E-state index contributed by atoms with van der Waals surface area (Å²) in [6.07, 6.45) is 7.19. The fourth-order valence-corrected chi connectivity index (χ4v) is 1.66. The van der Waals surface area contributed by atoms with Gasteiger partial charge in [-0.1, -0.05) is 6.08 Å². The number of aromatic nitrogens is 1. The Balaban J connectivity index is 2.61. The highest BCUT2D eigenvalue weighted by atomic mass is 14.9. The molecule has 82 valence electrons. The average Bonchev–Trinajstić information content (AvgIpc) is 2.24. The number of allylic oxidation sites excluding steroid dienone is 1. The van der Waals surface area contributed by atoms with Crippen molar-refractivity contribution in [1.29, 1.82) is 0 Å². The van der Waals surface area contributed by atoms with Gasteiger partial charge in [0.25, 0.3) is 0 Å². The molecule has 0 aliphatic carbocycles. The quantitative estimate of drug-likeness (QED) is 0.569. The number of nitrogens with zero attached hydrogens (tertiary/aromatic N) is 1. The van der Waals surface area contributed by atoms with E-state index in [2.05, 4.69) is 29.9 Å². The van der Waals surface area contributed by atoms with E-state index in [1.807, 2.05) is 25.4 Å². The number of nitrogens with one attached hydrogen (secondary N) is 1. The lowest BCUT2D eigenvalue weighted by atomic mass is 10.0. The van der Waals surface area contributed by atoms with Crippen molar-refractivity contribution in [3.63, 3.8) is 0 Å². The minimum absolute atomic E-state index is 0.366. The molecule has 1 unspecified atom stereocenters. The third-order valence-electron chi connectivity index (χ3n) is 2.54. The summed E-state index contributed by atoms with van der Waals surface area (Å²) in [6, 6.07) is 4.54. The first-order chi connectivity index (χ1) is 7.27. The maximum absolute atomic E-state index is 4.40. The molecule has 1 aromatic heterocycles. The van der Waals surface area contributed by atoms with Gasteiger partial charge in [-0.2, -0.15) is 0 Å². The normalized spacial score (nSPS) is 12.4. The highest BCUT2D eigenvalue weighted by molar-refractivity contribution is 5.17. The largest absolute Gasteiger partial charge is 0.312 e. The zero-order valence-corrected chi connectivity index (χ0v) is 9.66. The van der Waals surface area contributed by atoms with E-state index in [0.29, 0.717) is 6.04 Å². The average molecular weight is 204 g/mol. The highest BCUT2D eigenvalue weighted by Gasteiger charge is 2.09. The molecule has 15 heavy (non-hydrogen) atoms. The molecule has 2 heteroatoms. The van der Waals surface area contributed by atoms with Gasteiger partial charge in [0.05, 0.1) is 5.69 Å².